The summed E-state index contributed by atoms with van der Waals surface area (Å²) in [5.74, 6) is -0.435. The van der Waals surface area contributed by atoms with Gasteiger partial charge in [0.2, 0.25) is 0 Å². The highest BCUT2D eigenvalue weighted by Crippen LogP contribution is 2.35. The highest BCUT2D eigenvalue weighted by molar-refractivity contribution is 7.93. The van der Waals surface area contributed by atoms with Crippen LogP contribution >= 0.6 is 0 Å². The van der Waals surface area contributed by atoms with Crippen molar-refractivity contribution in [1.82, 2.24) is 0 Å². The van der Waals surface area contributed by atoms with Crippen LogP contribution in [-0.4, -0.2) is 8.42 Å². The molecule has 0 fully saturated rings. The van der Waals surface area contributed by atoms with E-state index in [1.807, 2.05) is 24.3 Å². The molecule has 0 unspecified atom stereocenters. The van der Waals surface area contributed by atoms with Crippen LogP contribution in [0.4, 0.5) is 10.1 Å². The molecular formula is C19H16FNO2S. The third-order valence-corrected chi connectivity index (χ3v) is 6.06. The van der Waals surface area contributed by atoms with Gasteiger partial charge in [0.15, 0.2) is 0 Å². The Morgan fingerprint density at radius 1 is 0.958 bits per heavy atom. The zero-order chi connectivity index (χ0) is 16.9. The third-order valence-electron chi connectivity index (χ3n) is 4.64. The number of rotatable bonds is 3. The summed E-state index contributed by atoms with van der Waals surface area (Å²) in [6.45, 7) is 1.56. The molecule has 122 valence electrons. The van der Waals surface area contributed by atoms with Gasteiger partial charge in [-0.2, -0.15) is 0 Å². The molecule has 1 aliphatic carbocycles. The van der Waals surface area contributed by atoms with Crippen LogP contribution in [0.2, 0.25) is 0 Å². The smallest absolute Gasteiger partial charge is 0.262 e. The fraction of sp³-hybridized carbons (Fsp3) is 0.158. The summed E-state index contributed by atoms with van der Waals surface area (Å²) in [5, 5.41) is 1.76. The maximum absolute atomic E-state index is 13.7. The molecule has 0 aromatic heterocycles. The minimum Gasteiger partial charge on any atom is -0.279 e. The lowest BCUT2D eigenvalue weighted by Crippen LogP contribution is -2.14. The Morgan fingerprint density at radius 3 is 2.46 bits per heavy atom. The van der Waals surface area contributed by atoms with E-state index in [0.29, 0.717) is 0 Å². The van der Waals surface area contributed by atoms with Crippen molar-refractivity contribution in [3.63, 3.8) is 0 Å². The minimum absolute atomic E-state index is 0.230. The molecule has 1 aliphatic rings. The Balaban J connectivity index is 1.87. The van der Waals surface area contributed by atoms with Gasteiger partial charge in [0.05, 0.1) is 10.6 Å². The Hall–Kier alpha value is -2.40. The van der Waals surface area contributed by atoms with Gasteiger partial charge >= 0.3 is 0 Å². The minimum atomic E-state index is -3.80. The lowest BCUT2D eigenvalue weighted by atomic mass is 10.1. The van der Waals surface area contributed by atoms with Gasteiger partial charge in [0, 0.05) is 10.9 Å². The van der Waals surface area contributed by atoms with Gasteiger partial charge in [0.1, 0.15) is 5.82 Å². The number of halogens is 1. The van der Waals surface area contributed by atoms with Crippen LogP contribution in [0.1, 0.15) is 16.7 Å². The predicted octanol–water partition coefficient (Wildman–Crippen LogP) is 4.19. The summed E-state index contributed by atoms with van der Waals surface area (Å²) in [7, 11) is -3.80. The Labute approximate surface area is 140 Å². The van der Waals surface area contributed by atoms with Crippen molar-refractivity contribution >= 4 is 26.5 Å². The molecule has 0 radical (unpaired) electrons. The van der Waals surface area contributed by atoms with Crippen LogP contribution in [0.3, 0.4) is 0 Å². The second kappa shape index (κ2) is 5.31. The maximum Gasteiger partial charge on any atom is 0.262 e. The average Bonchev–Trinajstić information content (AvgIpc) is 2.97. The monoisotopic (exact) mass is 341 g/mol. The Morgan fingerprint density at radius 2 is 1.67 bits per heavy atom. The van der Waals surface area contributed by atoms with Crippen LogP contribution in [0.25, 0.3) is 10.8 Å². The second-order valence-electron chi connectivity index (χ2n) is 6.08. The van der Waals surface area contributed by atoms with Gasteiger partial charge < -0.3 is 0 Å². The van der Waals surface area contributed by atoms with Crippen molar-refractivity contribution < 1.29 is 12.8 Å². The van der Waals surface area contributed by atoms with Crippen molar-refractivity contribution in [1.29, 1.82) is 0 Å². The van der Waals surface area contributed by atoms with Crippen LogP contribution in [0.5, 0.6) is 0 Å². The number of hydrogen-bond donors (Lipinski definition) is 1. The first kappa shape index (κ1) is 15.1. The molecule has 0 saturated carbocycles. The van der Waals surface area contributed by atoms with Gasteiger partial charge in [-0.25, -0.2) is 12.8 Å². The first-order valence-corrected chi connectivity index (χ1v) is 9.27. The second-order valence-corrected chi connectivity index (χ2v) is 7.73. The first-order chi connectivity index (χ1) is 11.5. The zero-order valence-corrected chi connectivity index (χ0v) is 14.0. The van der Waals surface area contributed by atoms with Crippen molar-refractivity contribution in [3.05, 3.63) is 71.0 Å². The highest BCUT2D eigenvalue weighted by atomic mass is 32.2. The molecule has 0 aliphatic heterocycles. The van der Waals surface area contributed by atoms with Crippen molar-refractivity contribution in [2.75, 3.05) is 4.72 Å². The van der Waals surface area contributed by atoms with Crippen LogP contribution in [0, 0.1) is 12.7 Å². The van der Waals surface area contributed by atoms with Crippen LogP contribution < -0.4 is 4.72 Å². The molecule has 0 spiro atoms. The number of anilines is 1. The summed E-state index contributed by atoms with van der Waals surface area (Å²) in [6, 6.07) is 13.7. The molecule has 4 rings (SSSR count). The van der Waals surface area contributed by atoms with Crippen molar-refractivity contribution in [2.24, 2.45) is 0 Å². The van der Waals surface area contributed by atoms with Gasteiger partial charge in [-0.15, -0.1) is 0 Å². The van der Waals surface area contributed by atoms with Crippen LogP contribution in [0.15, 0.2) is 53.4 Å². The lowest BCUT2D eigenvalue weighted by Gasteiger charge is -2.13. The first-order valence-electron chi connectivity index (χ1n) is 7.79. The predicted molar refractivity (Wildman–Crippen MR) is 93.3 cm³/mol. The van der Waals surface area contributed by atoms with Crippen molar-refractivity contribution in [2.45, 2.75) is 24.7 Å². The van der Waals surface area contributed by atoms with E-state index in [9.17, 15) is 12.8 Å². The summed E-state index contributed by atoms with van der Waals surface area (Å²) in [6.07, 6.45) is 1.87. The molecule has 0 saturated heterocycles. The molecule has 3 aromatic rings. The number of hydrogen-bond acceptors (Lipinski definition) is 2. The molecule has 0 atom stereocenters. The number of benzene rings is 3. The summed E-state index contributed by atoms with van der Waals surface area (Å²) in [4.78, 5) is 0.230. The highest BCUT2D eigenvalue weighted by Gasteiger charge is 2.23. The third kappa shape index (κ3) is 2.27. The summed E-state index contributed by atoms with van der Waals surface area (Å²) >= 11 is 0. The molecule has 1 N–H and O–H groups in total. The molecule has 5 heteroatoms. The molecule has 24 heavy (non-hydrogen) atoms. The molecule has 3 nitrogen and oxygen atoms in total. The van der Waals surface area contributed by atoms with E-state index in [2.05, 4.69) is 4.72 Å². The summed E-state index contributed by atoms with van der Waals surface area (Å²) in [5.41, 5.74) is 2.91. The largest absolute Gasteiger partial charge is 0.279 e. The standard InChI is InChI=1S/C19H16FNO2S/c1-12-16(20)6-3-7-17(12)21-24(22,23)18-11-10-14-9-8-13-4-2-5-15(18)19(13)14/h2-7,10-11,21H,8-9H2,1H3. The van der Waals surface area contributed by atoms with E-state index in [-0.39, 0.29) is 16.1 Å². The van der Waals surface area contributed by atoms with Gasteiger partial charge in [-0.05, 0) is 54.5 Å². The zero-order valence-electron chi connectivity index (χ0n) is 13.1. The van der Waals surface area contributed by atoms with Gasteiger partial charge in [-0.1, -0.05) is 30.3 Å². The topological polar surface area (TPSA) is 46.2 Å². The van der Waals surface area contributed by atoms with E-state index in [0.717, 1.165) is 23.6 Å². The normalized spacial score (nSPS) is 13.4. The molecule has 0 amide bonds. The average molecular weight is 341 g/mol. The Bertz CT molecular complexity index is 1060. The van der Waals surface area contributed by atoms with E-state index >= 15 is 0 Å². The quantitative estimate of drug-likeness (QED) is 0.776. The lowest BCUT2D eigenvalue weighted by molar-refractivity contribution is 0.601. The van der Waals surface area contributed by atoms with Crippen LogP contribution in [-0.2, 0) is 22.9 Å². The SMILES string of the molecule is Cc1c(F)cccc1NS(=O)(=O)c1ccc2c3c(cccc13)CC2. The van der Waals surface area contributed by atoms with E-state index in [1.54, 1.807) is 19.1 Å². The van der Waals surface area contributed by atoms with Gasteiger partial charge in [0.25, 0.3) is 10.0 Å². The van der Waals surface area contributed by atoms with Gasteiger partial charge in [-0.3, -0.25) is 4.72 Å². The molecule has 0 heterocycles. The fourth-order valence-electron chi connectivity index (χ4n) is 3.37. The van der Waals surface area contributed by atoms with E-state index in [1.165, 1.54) is 23.3 Å². The summed E-state index contributed by atoms with van der Waals surface area (Å²) < 4.78 is 42.0. The molecule has 3 aromatic carbocycles. The molecular weight excluding hydrogens is 325 g/mol. The Kier molecular flexibility index (Phi) is 3.35. The maximum atomic E-state index is 13.7. The van der Waals surface area contributed by atoms with E-state index in [4.69, 9.17) is 0 Å². The number of nitrogens with one attached hydrogen (secondary N) is 1. The number of aryl methyl sites for hydroxylation is 2. The fourth-order valence-corrected chi connectivity index (χ4v) is 4.70. The van der Waals surface area contributed by atoms with E-state index < -0.39 is 15.8 Å². The van der Waals surface area contributed by atoms with Crippen molar-refractivity contribution in [3.8, 4) is 0 Å². The molecule has 0 bridgehead atoms. The number of sulfonamides is 1.